The fourth-order valence-corrected chi connectivity index (χ4v) is 3.69. The number of aromatic nitrogens is 5. The molecular formula is C21H15ClFN5O2. The van der Waals surface area contributed by atoms with Crippen LogP contribution in [0.1, 0.15) is 23.1 Å². The van der Waals surface area contributed by atoms with Gasteiger partial charge in [-0.3, -0.25) is 4.57 Å². The Morgan fingerprint density at radius 2 is 2.03 bits per heavy atom. The quantitative estimate of drug-likeness (QED) is 0.408. The molecule has 0 amide bonds. The lowest BCUT2D eigenvalue weighted by Crippen LogP contribution is -2.12. The van der Waals surface area contributed by atoms with Crippen molar-refractivity contribution < 1.29 is 13.9 Å². The zero-order valence-electron chi connectivity index (χ0n) is 15.8. The number of carbonyl (C=O) groups is 1. The summed E-state index contributed by atoms with van der Waals surface area (Å²) in [5, 5.41) is 5.15. The third kappa shape index (κ3) is 2.96. The van der Waals surface area contributed by atoms with Crippen LogP contribution in [0.15, 0.2) is 48.8 Å². The molecule has 5 rings (SSSR count). The number of hydrogen-bond donors (Lipinski definition) is 0. The van der Waals surface area contributed by atoms with Gasteiger partial charge in [-0.25, -0.2) is 23.8 Å². The molecule has 9 heteroatoms. The van der Waals surface area contributed by atoms with Crippen molar-refractivity contribution in [3.8, 4) is 28.5 Å². The standard InChI is InChI=1S/C21H15ClFN5O2/c1-2-30-21(29)18-17-10-28-20(25-19(26-28)12-3-6-14(23)7-4-12)15-9-13(22)5-8-16(15)27(17)11-24-18/h3-9,11H,2,10H2,1H3. The van der Waals surface area contributed by atoms with E-state index in [1.165, 1.54) is 12.1 Å². The first kappa shape index (κ1) is 18.5. The Morgan fingerprint density at radius 3 is 2.80 bits per heavy atom. The van der Waals surface area contributed by atoms with Gasteiger partial charge in [0.05, 0.1) is 24.5 Å². The lowest BCUT2D eigenvalue weighted by atomic mass is 10.1. The molecule has 0 N–H and O–H groups in total. The van der Waals surface area contributed by atoms with Gasteiger partial charge in [0.15, 0.2) is 17.3 Å². The van der Waals surface area contributed by atoms with E-state index < -0.39 is 5.97 Å². The van der Waals surface area contributed by atoms with E-state index in [4.69, 9.17) is 16.3 Å². The van der Waals surface area contributed by atoms with Crippen LogP contribution in [0.2, 0.25) is 5.02 Å². The number of hydrogen-bond acceptors (Lipinski definition) is 5. The number of nitrogens with zero attached hydrogens (tertiary/aromatic N) is 5. The highest BCUT2D eigenvalue weighted by Gasteiger charge is 2.28. The summed E-state index contributed by atoms with van der Waals surface area (Å²) >= 11 is 6.26. The van der Waals surface area contributed by atoms with Crippen LogP contribution in [0.4, 0.5) is 4.39 Å². The zero-order valence-corrected chi connectivity index (χ0v) is 16.6. The second-order valence-corrected chi connectivity index (χ2v) is 7.15. The van der Waals surface area contributed by atoms with Crippen LogP contribution < -0.4 is 0 Å². The van der Waals surface area contributed by atoms with Gasteiger partial charge in [0, 0.05) is 16.1 Å². The van der Waals surface area contributed by atoms with Gasteiger partial charge in [0.2, 0.25) is 0 Å². The van der Waals surface area contributed by atoms with E-state index in [-0.39, 0.29) is 24.7 Å². The molecule has 0 fully saturated rings. The topological polar surface area (TPSA) is 74.8 Å². The monoisotopic (exact) mass is 423 g/mol. The molecule has 0 radical (unpaired) electrons. The van der Waals surface area contributed by atoms with Crippen molar-refractivity contribution in [2.45, 2.75) is 13.5 Å². The molecule has 150 valence electrons. The minimum Gasteiger partial charge on any atom is -0.461 e. The maximum absolute atomic E-state index is 13.3. The minimum atomic E-state index is -0.496. The minimum absolute atomic E-state index is 0.226. The Bertz CT molecular complexity index is 1280. The Morgan fingerprint density at radius 1 is 1.23 bits per heavy atom. The molecule has 2 aromatic carbocycles. The fourth-order valence-electron chi connectivity index (χ4n) is 3.51. The van der Waals surface area contributed by atoms with Gasteiger partial charge in [0.25, 0.3) is 0 Å². The average Bonchev–Trinajstić information content (AvgIpc) is 3.31. The summed E-state index contributed by atoms with van der Waals surface area (Å²) in [5.41, 5.74) is 3.06. The van der Waals surface area contributed by atoms with Gasteiger partial charge in [-0.05, 0) is 49.4 Å². The number of benzene rings is 2. The van der Waals surface area contributed by atoms with E-state index in [0.29, 0.717) is 27.9 Å². The summed E-state index contributed by atoms with van der Waals surface area (Å²) in [6, 6.07) is 11.4. The molecule has 4 aromatic rings. The van der Waals surface area contributed by atoms with E-state index in [9.17, 15) is 9.18 Å². The van der Waals surface area contributed by atoms with E-state index in [0.717, 1.165) is 11.3 Å². The molecule has 1 aliphatic heterocycles. The van der Waals surface area contributed by atoms with Gasteiger partial charge < -0.3 is 4.74 Å². The second kappa shape index (κ2) is 7.07. The lowest BCUT2D eigenvalue weighted by molar-refractivity contribution is 0.0518. The van der Waals surface area contributed by atoms with E-state index in [2.05, 4.69) is 15.1 Å². The van der Waals surface area contributed by atoms with Crippen LogP contribution in [0.25, 0.3) is 28.5 Å². The Kier molecular flexibility index (Phi) is 4.36. The summed E-state index contributed by atoms with van der Waals surface area (Å²) in [6.07, 6.45) is 1.58. The number of carbonyl (C=O) groups excluding carboxylic acids is 1. The maximum Gasteiger partial charge on any atom is 0.358 e. The summed E-state index contributed by atoms with van der Waals surface area (Å²) in [5.74, 6) is 0.204. The normalized spacial score (nSPS) is 12.0. The van der Waals surface area contributed by atoms with Crippen molar-refractivity contribution in [2.24, 2.45) is 0 Å². The van der Waals surface area contributed by atoms with Crippen molar-refractivity contribution in [1.29, 1.82) is 0 Å². The van der Waals surface area contributed by atoms with Crippen LogP contribution in [0.3, 0.4) is 0 Å². The molecule has 30 heavy (non-hydrogen) atoms. The Hall–Kier alpha value is -3.52. The smallest absolute Gasteiger partial charge is 0.358 e. The number of fused-ring (bicyclic) bond motifs is 5. The summed E-state index contributed by atoms with van der Waals surface area (Å²) in [6.45, 7) is 2.25. The number of ether oxygens (including phenoxy) is 1. The van der Waals surface area contributed by atoms with Crippen LogP contribution in [-0.2, 0) is 11.3 Å². The van der Waals surface area contributed by atoms with E-state index in [1.54, 1.807) is 42.2 Å². The van der Waals surface area contributed by atoms with Crippen LogP contribution >= 0.6 is 11.6 Å². The van der Waals surface area contributed by atoms with Gasteiger partial charge >= 0.3 is 5.97 Å². The SMILES string of the molecule is CCOC(=O)c1ncn2c1Cn1nc(-c3ccc(F)cc3)nc1-c1cc(Cl)ccc1-2. The highest BCUT2D eigenvalue weighted by Crippen LogP contribution is 2.34. The average molecular weight is 424 g/mol. The summed E-state index contributed by atoms with van der Waals surface area (Å²) in [7, 11) is 0. The fraction of sp³-hybridized carbons (Fsp3) is 0.143. The predicted octanol–water partition coefficient (Wildman–Crippen LogP) is 4.13. The van der Waals surface area contributed by atoms with Gasteiger partial charge in [-0.2, -0.15) is 5.10 Å². The Labute approximate surface area is 175 Å². The van der Waals surface area contributed by atoms with Crippen molar-refractivity contribution in [1.82, 2.24) is 24.3 Å². The van der Waals surface area contributed by atoms with Crippen molar-refractivity contribution >= 4 is 17.6 Å². The van der Waals surface area contributed by atoms with Gasteiger partial charge in [0.1, 0.15) is 12.1 Å². The summed E-state index contributed by atoms with van der Waals surface area (Å²) < 4.78 is 22.0. The molecule has 0 spiro atoms. The molecule has 0 saturated carbocycles. The first-order chi connectivity index (χ1) is 14.5. The third-order valence-electron chi connectivity index (χ3n) is 4.87. The number of halogens is 2. The zero-order chi connectivity index (χ0) is 20.8. The lowest BCUT2D eigenvalue weighted by Gasteiger charge is -2.09. The molecule has 0 atom stereocenters. The van der Waals surface area contributed by atoms with Crippen molar-refractivity contribution in [2.75, 3.05) is 6.61 Å². The molecule has 0 aliphatic carbocycles. The van der Waals surface area contributed by atoms with Crippen LogP contribution in [0.5, 0.6) is 0 Å². The molecule has 1 aliphatic rings. The van der Waals surface area contributed by atoms with Gasteiger partial charge in [-0.15, -0.1) is 0 Å². The Balaban J connectivity index is 1.71. The van der Waals surface area contributed by atoms with E-state index in [1.807, 2.05) is 10.6 Å². The molecule has 0 saturated heterocycles. The van der Waals surface area contributed by atoms with Crippen molar-refractivity contribution in [3.63, 3.8) is 0 Å². The third-order valence-corrected chi connectivity index (χ3v) is 5.10. The van der Waals surface area contributed by atoms with Gasteiger partial charge in [-0.1, -0.05) is 11.6 Å². The number of rotatable bonds is 3. The first-order valence-electron chi connectivity index (χ1n) is 9.29. The summed E-state index contributed by atoms with van der Waals surface area (Å²) in [4.78, 5) is 21.4. The molecular weight excluding hydrogens is 409 g/mol. The highest BCUT2D eigenvalue weighted by atomic mass is 35.5. The molecule has 2 aromatic heterocycles. The predicted molar refractivity (Wildman–Crippen MR) is 108 cm³/mol. The second-order valence-electron chi connectivity index (χ2n) is 6.72. The van der Waals surface area contributed by atoms with E-state index >= 15 is 0 Å². The molecule has 0 unspecified atom stereocenters. The largest absolute Gasteiger partial charge is 0.461 e. The number of imidazole rings is 1. The van der Waals surface area contributed by atoms with Crippen LogP contribution in [0, 0.1) is 5.82 Å². The van der Waals surface area contributed by atoms with Crippen LogP contribution in [-0.4, -0.2) is 36.9 Å². The molecule has 0 bridgehead atoms. The molecule has 7 nitrogen and oxygen atoms in total. The number of esters is 1. The highest BCUT2D eigenvalue weighted by molar-refractivity contribution is 6.31. The molecule has 3 heterocycles. The first-order valence-corrected chi connectivity index (χ1v) is 9.67. The maximum atomic E-state index is 13.3. The van der Waals surface area contributed by atoms with Crippen molar-refractivity contribution in [3.05, 3.63) is 71.0 Å².